The van der Waals surface area contributed by atoms with Gasteiger partial charge in [-0.3, -0.25) is 4.98 Å². The van der Waals surface area contributed by atoms with Crippen molar-refractivity contribution in [2.45, 2.75) is 12.8 Å². The number of nitrogens with zero attached hydrogens (tertiary/aromatic N) is 1. The van der Waals surface area contributed by atoms with E-state index in [0.717, 1.165) is 24.8 Å². The number of para-hydroxylation sites is 1. The third-order valence-electron chi connectivity index (χ3n) is 2.74. The molecule has 1 N–H and O–H groups in total. The average Bonchev–Trinajstić information content (AvgIpc) is 2.46. The summed E-state index contributed by atoms with van der Waals surface area (Å²) in [7, 11) is 0. The minimum Gasteiger partial charge on any atom is -0.494 e. The Morgan fingerprint density at radius 2 is 1.95 bits per heavy atom. The van der Waals surface area contributed by atoms with Crippen LogP contribution in [0, 0.1) is 5.82 Å². The summed E-state index contributed by atoms with van der Waals surface area (Å²) in [5, 5.41) is 3.27. The Morgan fingerprint density at radius 3 is 2.70 bits per heavy atom. The summed E-state index contributed by atoms with van der Waals surface area (Å²) in [6, 6.07) is 9.66. The molecular formula is C15H16ClFN2O. The smallest absolute Gasteiger partial charge is 0.166 e. The molecule has 3 nitrogen and oxygen atoms in total. The van der Waals surface area contributed by atoms with Crippen molar-refractivity contribution in [3.63, 3.8) is 0 Å². The molecule has 0 spiro atoms. The highest BCUT2D eigenvalue weighted by Crippen LogP contribution is 2.23. The molecule has 0 atom stereocenters. The lowest BCUT2D eigenvalue weighted by atomic mass is 10.3. The lowest BCUT2D eigenvalue weighted by Crippen LogP contribution is -2.06. The third-order valence-corrected chi connectivity index (χ3v) is 3.02. The van der Waals surface area contributed by atoms with Gasteiger partial charge in [0.2, 0.25) is 0 Å². The molecule has 1 heterocycles. The van der Waals surface area contributed by atoms with E-state index in [9.17, 15) is 4.39 Å². The summed E-state index contributed by atoms with van der Waals surface area (Å²) in [5.41, 5.74) is 0.311. The van der Waals surface area contributed by atoms with E-state index in [4.69, 9.17) is 16.3 Å². The van der Waals surface area contributed by atoms with Gasteiger partial charge >= 0.3 is 0 Å². The van der Waals surface area contributed by atoms with E-state index < -0.39 is 5.82 Å². The third kappa shape index (κ3) is 4.38. The van der Waals surface area contributed by atoms with Crippen LogP contribution in [0.25, 0.3) is 0 Å². The van der Waals surface area contributed by atoms with Gasteiger partial charge in [-0.25, -0.2) is 4.39 Å². The Balaban J connectivity index is 1.65. The van der Waals surface area contributed by atoms with Gasteiger partial charge in [0, 0.05) is 12.7 Å². The minimum absolute atomic E-state index is 0.297. The van der Waals surface area contributed by atoms with Crippen molar-refractivity contribution in [2.75, 3.05) is 18.5 Å². The number of pyridine rings is 1. The van der Waals surface area contributed by atoms with E-state index in [1.54, 1.807) is 0 Å². The molecule has 1 aromatic carbocycles. The molecule has 0 aliphatic rings. The maximum atomic E-state index is 13.4. The molecular weight excluding hydrogens is 279 g/mol. The van der Waals surface area contributed by atoms with Crippen LogP contribution in [0.15, 0.2) is 42.7 Å². The molecule has 0 fully saturated rings. The minimum atomic E-state index is -0.432. The summed E-state index contributed by atoms with van der Waals surface area (Å²) >= 11 is 5.86. The zero-order valence-electron chi connectivity index (χ0n) is 11.0. The average molecular weight is 295 g/mol. The topological polar surface area (TPSA) is 34.2 Å². The maximum Gasteiger partial charge on any atom is 0.166 e. The van der Waals surface area contributed by atoms with Gasteiger partial charge in [0.25, 0.3) is 0 Å². The first kappa shape index (κ1) is 14.6. The lowest BCUT2D eigenvalue weighted by Gasteiger charge is -2.09. The summed E-state index contributed by atoms with van der Waals surface area (Å²) in [5.74, 6) is 0.432. The first-order valence-electron chi connectivity index (χ1n) is 6.48. The molecule has 0 aliphatic carbocycles. The Bertz CT molecular complexity index is 516. The summed E-state index contributed by atoms with van der Waals surface area (Å²) < 4.78 is 19.0. The predicted molar refractivity (Wildman–Crippen MR) is 78.9 cm³/mol. The van der Waals surface area contributed by atoms with Crippen molar-refractivity contribution < 1.29 is 9.13 Å². The number of unbranched alkanes of at least 4 members (excludes halogenated alkanes) is 1. The van der Waals surface area contributed by atoms with E-state index >= 15 is 0 Å². The van der Waals surface area contributed by atoms with Crippen LogP contribution in [-0.4, -0.2) is 18.1 Å². The molecule has 0 saturated carbocycles. The maximum absolute atomic E-state index is 13.4. The van der Waals surface area contributed by atoms with Crippen molar-refractivity contribution in [3.05, 3.63) is 53.6 Å². The van der Waals surface area contributed by atoms with Crippen LogP contribution >= 0.6 is 11.6 Å². The standard InChI is InChI=1S/C15H16ClFN2O/c16-13-10-18-11-14(17)15(13)19-8-4-5-9-20-12-6-2-1-3-7-12/h1-3,6-7,10-11H,4-5,8-9H2,(H,18,19). The van der Waals surface area contributed by atoms with Crippen molar-refractivity contribution in [1.82, 2.24) is 4.98 Å². The summed E-state index contributed by atoms with van der Waals surface area (Å²) in [4.78, 5) is 3.67. The summed E-state index contributed by atoms with van der Waals surface area (Å²) in [6.07, 6.45) is 4.31. The van der Waals surface area contributed by atoms with Gasteiger partial charge in [-0.2, -0.15) is 0 Å². The normalized spacial score (nSPS) is 10.3. The molecule has 20 heavy (non-hydrogen) atoms. The number of benzene rings is 1. The molecule has 0 radical (unpaired) electrons. The summed E-state index contributed by atoms with van der Waals surface area (Å²) in [6.45, 7) is 1.27. The lowest BCUT2D eigenvalue weighted by molar-refractivity contribution is 0.308. The second-order valence-electron chi connectivity index (χ2n) is 4.27. The SMILES string of the molecule is Fc1cncc(Cl)c1NCCCCOc1ccccc1. The Kier molecular flexibility index (Phi) is 5.62. The number of ether oxygens (including phenoxy) is 1. The zero-order valence-corrected chi connectivity index (χ0v) is 11.7. The first-order valence-corrected chi connectivity index (χ1v) is 6.86. The number of anilines is 1. The number of hydrogen-bond donors (Lipinski definition) is 1. The number of nitrogens with one attached hydrogen (secondary N) is 1. The van der Waals surface area contributed by atoms with Gasteiger partial charge in [0.1, 0.15) is 5.75 Å². The highest BCUT2D eigenvalue weighted by Gasteiger charge is 2.06. The molecule has 0 amide bonds. The molecule has 0 unspecified atom stereocenters. The van der Waals surface area contributed by atoms with Gasteiger partial charge in [-0.05, 0) is 25.0 Å². The van der Waals surface area contributed by atoms with Gasteiger partial charge in [0.15, 0.2) is 5.82 Å². The molecule has 0 aliphatic heterocycles. The molecule has 106 valence electrons. The van der Waals surface area contributed by atoms with Crippen LogP contribution < -0.4 is 10.1 Å². The van der Waals surface area contributed by atoms with Crippen LogP contribution in [0.2, 0.25) is 5.02 Å². The van der Waals surface area contributed by atoms with Crippen LogP contribution in [-0.2, 0) is 0 Å². The highest BCUT2D eigenvalue weighted by atomic mass is 35.5. The monoisotopic (exact) mass is 294 g/mol. The Hall–Kier alpha value is -1.81. The second kappa shape index (κ2) is 7.70. The number of rotatable bonds is 7. The van der Waals surface area contributed by atoms with E-state index in [1.165, 1.54) is 6.20 Å². The molecule has 5 heteroatoms. The molecule has 2 aromatic rings. The zero-order chi connectivity index (χ0) is 14.2. The molecule has 1 aromatic heterocycles. The fourth-order valence-electron chi connectivity index (χ4n) is 1.73. The molecule has 2 rings (SSSR count). The molecule has 0 saturated heterocycles. The highest BCUT2D eigenvalue weighted by molar-refractivity contribution is 6.33. The largest absolute Gasteiger partial charge is 0.494 e. The van der Waals surface area contributed by atoms with Crippen LogP contribution in [0.1, 0.15) is 12.8 Å². The van der Waals surface area contributed by atoms with Gasteiger partial charge < -0.3 is 10.1 Å². The number of hydrogen-bond acceptors (Lipinski definition) is 3. The van der Waals surface area contributed by atoms with E-state index in [1.807, 2.05) is 30.3 Å². The van der Waals surface area contributed by atoms with Crippen molar-refractivity contribution in [2.24, 2.45) is 0 Å². The fraction of sp³-hybridized carbons (Fsp3) is 0.267. The number of aromatic nitrogens is 1. The number of halogens is 2. The van der Waals surface area contributed by atoms with Gasteiger partial charge in [0.05, 0.1) is 23.5 Å². The Labute approximate surface area is 122 Å². The van der Waals surface area contributed by atoms with Gasteiger partial charge in [-0.15, -0.1) is 0 Å². The second-order valence-corrected chi connectivity index (χ2v) is 4.68. The quantitative estimate of drug-likeness (QED) is 0.779. The first-order chi connectivity index (χ1) is 9.77. The van der Waals surface area contributed by atoms with E-state index in [0.29, 0.717) is 23.9 Å². The van der Waals surface area contributed by atoms with E-state index in [-0.39, 0.29) is 0 Å². The van der Waals surface area contributed by atoms with Gasteiger partial charge in [-0.1, -0.05) is 29.8 Å². The fourth-order valence-corrected chi connectivity index (χ4v) is 1.94. The van der Waals surface area contributed by atoms with Crippen molar-refractivity contribution in [1.29, 1.82) is 0 Å². The predicted octanol–water partition coefficient (Wildman–Crippen LogP) is 4.15. The van der Waals surface area contributed by atoms with Crippen LogP contribution in [0.5, 0.6) is 5.75 Å². The van der Waals surface area contributed by atoms with E-state index in [2.05, 4.69) is 10.3 Å². The molecule has 0 bridgehead atoms. The van der Waals surface area contributed by atoms with Crippen LogP contribution in [0.4, 0.5) is 10.1 Å². The van der Waals surface area contributed by atoms with Crippen molar-refractivity contribution in [3.8, 4) is 5.75 Å². The van der Waals surface area contributed by atoms with Crippen LogP contribution in [0.3, 0.4) is 0 Å². The van der Waals surface area contributed by atoms with Crippen molar-refractivity contribution >= 4 is 17.3 Å². The Morgan fingerprint density at radius 1 is 1.15 bits per heavy atom.